The zero-order valence-electron chi connectivity index (χ0n) is 13.5. The van der Waals surface area contributed by atoms with Gasteiger partial charge in [0.15, 0.2) is 0 Å². The lowest BCUT2D eigenvalue weighted by molar-refractivity contribution is -0.132. The summed E-state index contributed by atoms with van der Waals surface area (Å²) in [6, 6.07) is 2.10. The average Bonchev–Trinajstić information content (AvgIpc) is 2.91. The smallest absolute Gasteiger partial charge is 0.230 e. The lowest BCUT2D eigenvalue weighted by Gasteiger charge is -2.27. The second-order valence-electron chi connectivity index (χ2n) is 6.44. The molecule has 0 fully saturated rings. The van der Waals surface area contributed by atoms with Gasteiger partial charge in [0.05, 0.1) is 5.75 Å². The molecular weight excluding hydrogens is 316 g/mol. The van der Waals surface area contributed by atoms with Crippen molar-refractivity contribution in [2.75, 3.05) is 18.8 Å². The third kappa shape index (κ3) is 5.32. The lowest BCUT2D eigenvalue weighted by atomic mass is 10.1. The third-order valence-corrected chi connectivity index (χ3v) is 5.75. The van der Waals surface area contributed by atoms with E-state index in [0.29, 0.717) is 25.3 Å². The van der Waals surface area contributed by atoms with Crippen LogP contribution in [0.4, 0.5) is 0 Å². The Balaban J connectivity index is 1.67. The van der Waals surface area contributed by atoms with Gasteiger partial charge in [-0.05, 0) is 23.4 Å². The average molecular weight is 341 g/mol. The van der Waals surface area contributed by atoms with E-state index < -0.39 is 0 Å². The first-order valence-corrected chi connectivity index (χ1v) is 9.45. The molecule has 0 unspecified atom stereocenters. The summed E-state index contributed by atoms with van der Waals surface area (Å²) in [7, 11) is 0. The summed E-state index contributed by atoms with van der Waals surface area (Å²) in [4.78, 5) is 27.2. The van der Waals surface area contributed by atoms with E-state index in [1.54, 1.807) is 23.1 Å². The number of nitrogens with one attached hydrogen (secondary N) is 1. The predicted molar refractivity (Wildman–Crippen MR) is 93.3 cm³/mol. The topological polar surface area (TPSA) is 49.4 Å². The molecule has 0 aromatic carbocycles. The monoisotopic (exact) mass is 340 g/mol. The highest BCUT2D eigenvalue weighted by atomic mass is 32.2. The van der Waals surface area contributed by atoms with Crippen LogP contribution in [0.25, 0.3) is 0 Å². The molecule has 1 N–H and O–H groups in total. The molecule has 22 heavy (non-hydrogen) atoms. The molecule has 0 aliphatic carbocycles. The van der Waals surface area contributed by atoms with Gasteiger partial charge in [0, 0.05) is 35.7 Å². The van der Waals surface area contributed by atoms with E-state index in [1.165, 1.54) is 10.4 Å². The first-order valence-electron chi connectivity index (χ1n) is 7.59. The second kappa shape index (κ2) is 7.51. The number of carbonyl (C=O) groups excluding carboxylic acids is 2. The quantitative estimate of drug-likeness (QED) is 0.896. The highest BCUT2D eigenvalue weighted by Gasteiger charge is 2.21. The Bertz CT molecular complexity index is 534. The van der Waals surface area contributed by atoms with Crippen LogP contribution < -0.4 is 5.32 Å². The van der Waals surface area contributed by atoms with Crippen molar-refractivity contribution in [2.45, 2.75) is 44.9 Å². The molecule has 0 radical (unpaired) electrons. The molecule has 0 spiro atoms. The van der Waals surface area contributed by atoms with E-state index in [1.807, 2.05) is 4.90 Å². The van der Waals surface area contributed by atoms with Gasteiger partial charge in [0.2, 0.25) is 11.8 Å². The number of carbonyl (C=O) groups is 2. The number of fused-ring (bicyclic) bond motifs is 1. The molecule has 6 heteroatoms. The highest BCUT2D eigenvalue weighted by molar-refractivity contribution is 8.01. The molecule has 0 saturated carbocycles. The fraction of sp³-hybridized carbons (Fsp3) is 0.625. The largest absolute Gasteiger partial charge is 0.355 e. The number of thioether (sulfide) groups is 1. The van der Waals surface area contributed by atoms with Crippen LogP contribution in [0.15, 0.2) is 11.4 Å². The van der Waals surface area contributed by atoms with Crippen molar-refractivity contribution < 1.29 is 9.59 Å². The molecule has 1 aliphatic heterocycles. The van der Waals surface area contributed by atoms with Gasteiger partial charge in [-0.1, -0.05) is 20.8 Å². The molecule has 0 atom stereocenters. The van der Waals surface area contributed by atoms with Crippen LogP contribution in [0.5, 0.6) is 0 Å². The minimum atomic E-state index is 0.00601. The van der Waals surface area contributed by atoms with E-state index in [9.17, 15) is 9.59 Å². The Labute approximate surface area is 140 Å². The SMILES string of the molecule is CC(C)(C)SCC(=O)NCCC(=O)N1CCc2sccc2C1. The first-order chi connectivity index (χ1) is 10.3. The van der Waals surface area contributed by atoms with Crippen LogP contribution in [0.3, 0.4) is 0 Å². The Morgan fingerprint density at radius 2 is 2.18 bits per heavy atom. The summed E-state index contributed by atoms with van der Waals surface area (Å²) in [6.07, 6.45) is 1.33. The molecule has 2 heterocycles. The van der Waals surface area contributed by atoms with Gasteiger partial charge >= 0.3 is 0 Å². The Morgan fingerprint density at radius 3 is 2.91 bits per heavy atom. The van der Waals surface area contributed by atoms with Crippen molar-refractivity contribution in [1.29, 1.82) is 0 Å². The van der Waals surface area contributed by atoms with Crippen molar-refractivity contribution in [3.05, 3.63) is 21.9 Å². The maximum atomic E-state index is 12.2. The van der Waals surface area contributed by atoms with Gasteiger partial charge in [-0.25, -0.2) is 0 Å². The van der Waals surface area contributed by atoms with Crippen LogP contribution >= 0.6 is 23.1 Å². The Kier molecular flexibility index (Phi) is 5.92. The fourth-order valence-electron chi connectivity index (χ4n) is 2.26. The van der Waals surface area contributed by atoms with Crippen LogP contribution in [0, 0.1) is 0 Å². The van der Waals surface area contributed by atoms with Crippen LogP contribution in [0.1, 0.15) is 37.6 Å². The van der Waals surface area contributed by atoms with Gasteiger partial charge in [-0.15, -0.1) is 23.1 Å². The zero-order valence-corrected chi connectivity index (χ0v) is 15.1. The molecular formula is C16H24N2O2S2. The number of nitrogens with zero attached hydrogens (tertiary/aromatic N) is 1. The summed E-state index contributed by atoms with van der Waals surface area (Å²) >= 11 is 3.39. The fourth-order valence-corrected chi connectivity index (χ4v) is 3.82. The van der Waals surface area contributed by atoms with E-state index in [4.69, 9.17) is 0 Å². The molecule has 1 aromatic rings. The molecule has 0 saturated heterocycles. The molecule has 0 bridgehead atoms. The molecule has 1 aliphatic rings. The van der Waals surface area contributed by atoms with Gasteiger partial charge < -0.3 is 10.2 Å². The number of rotatable bonds is 5. The van der Waals surface area contributed by atoms with Crippen LogP contribution in [0.2, 0.25) is 0 Å². The van der Waals surface area contributed by atoms with Crippen molar-refractivity contribution >= 4 is 34.9 Å². The lowest BCUT2D eigenvalue weighted by Crippen LogP contribution is -2.38. The summed E-state index contributed by atoms with van der Waals surface area (Å²) in [5.74, 6) is 0.576. The number of thiophene rings is 1. The van der Waals surface area contributed by atoms with Crippen molar-refractivity contribution in [2.24, 2.45) is 0 Å². The summed E-state index contributed by atoms with van der Waals surface area (Å²) in [5, 5.41) is 4.92. The summed E-state index contributed by atoms with van der Waals surface area (Å²) in [6.45, 7) is 8.19. The minimum absolute atomic E-state index is 0.00601. The van der Waals surface area contributed by atoms with Gasteiger partial charge in [-0.2, -0.15) is 0 Å². The molecule has 1 aromatic heterocycles. The normalized spacial score (nSPS) is 14.6. The number of amides is 2. The summed E-state index contributed by atoms with van der Waals surface area (Å²) < 4.78 is 0.0825. The number of hydrogen-bond acceptors (Lipinski definition) is 4. The summed E-state index contributed by atoms with van der Waals surface area (Å²) in [5.41, 5.74) is 1.27. The first kappa shape index (κ1) is 17.3. The predicted octanol–water partition coefficient (Wildman–Crippen LogP) is 2.67. The van der Waals surface area contributed by atoms with Crippen molar-refractivity contribution in [1.82, 2.24) is 10.2 Å². The number of hydrogen-bond donors (Lipinski definition) is 1. The molecule has 2 amide bonds. The standard InChI is InChI=1S/C16H24N2O2S2/c1-16(2,3)22-11-14(19)17-7-4-15(20)18-8-5-13-12(10-18)6-9-21-13/h6,9H,4-5,7-8,10-11H2,1-3H3,(H,17,19). The van der Waals surface area contributed by atoms with Gasteiger partial charge in [-0.3, -0.25) is 9.59 Å². The highest BCUT2D eigenvalue weighted by Crippen LogP contribution is 2.24. The molecule has 4 nitrogen and oxygen atoms in total. The van der Waals surface area contributed by atoms with E-state index in [2.05, 4.69) is 37.5 Å². The Hall–Kier alpha value is -1.01. The van der Waals surface area contributed by atoms with E-state index in [0.717, 1.165) is 13.0 Å². The van der Waals surface area contributed by atoms with E-state index >= 15 is 0 Å². The third-order valence-electron chi connectivity index (χ3n) is 3.46. The van der Waals surface area contributed by atoms with Gasteiger partial charge in [0.1, 0.15) is 0 Å². The zero-order chi connectivity index (χ0) is 16.2. The molecule has 2 rings (SSSR count). The Morgan fingerprint density at radius 1 is 1.41 bits per heavy atom. The second-order valence-corrected chi connectivity index (χ2v) is 9.24. The van der Waals surface area contributed by atoms with Crippen molar-refractivity contribution in [3.63, 3.8) is 0 Å². The maximum absolute atomic E-state index is 12.2. The van der Waals surface area contributed by atoms with Gasteiger partial charge in [0.25, 0.3) is 0 Å². The minimum Gasteiger partial charge on any atom is -0.355 e. The maximum Gasteiger partial charge on any atom is 0.230 e. The van der Waals surface area contributed by atoms with E-state index in [-0.39, 0.29) is 16.6 Å². The van der Waals surface area contributed by atoms with Crippen LogP contribution in [-0.4, -0.2) is 40.3 Å². The molecule has 122 valence electrons. The van der Waals surface area contributed by atoms with Crippen molar-refractivity contribution in [3.8, 4) is 0 Å². The van der Waals surface area contributed by atoms with Crippen LogP contribution in [-0.2, 0) is 22.6 Å².